The maximum Gasteiger partial charge on any atom is 0.122 e. The summed E-state index contributed by atoms with van der Waals surface area (Å²) in [6.45, 7) is 2.20. The van der Waals surface area contributed by atoms with Crippen LogP contribution in [0, 0.1) is 0 Å². The third-order valence-corrected chi connectivity index (χ3v) is 2.50. The van der Waals surface area contributed by atoms with E-state index in [-0.39, 0.29) is 0 Å². The number of rotatable bonds is 5. The molecule has 0 aliphatic heterocycles. The van der Waals surface area contributed by atoms with Crippen molar-refractivity contribution in [3.8, 4) is 5.75 Å². The molecule has 0 aliphatic carbocycles. The SMILES string of the molecule is CCCCPOc1ccccc1. The quantitative estimate of drug-likeness (QED) is 0.500. The van der Waals surface area contributed by atoms with Gasteiger partial charge in [-0.3, -0.25) is 0 Å². The van der Waals surface area contributed by atoms with E-state index in [0.29, 0.717) is 8.81 Å². The summed E-state index contributed by atoms with van der Waals surface area (Å²) in [6.07, 6.45) is 3.71. The van der Waals surface area contributed by atoms with Crippen LogP contribution in [0.1, 0.15) is 19.8 Å². The molecule has 1 atom stereocenters. The second-order valence-electron chi connectivity index (χ2n) is 2.66. The number of unbranched alkanes of at least 4 members (excludes halogenated alkanes) is 1. The molecule has 0 fully saturated rings. The smallest absolute Gasteiger partial charge is 0.122 e. The molecule has 12 heavy (non-hydrogen) atoms. The first-order valence-corrected chi connectivity index (χ1v) is 5.49. The van der Waals surface area contributed by atoms with Crippen LogP contribution in [0.25, 0.3) is 0 Å². The highest BCUT2D eigenvalue weighted by atomic mass is 31.1. The van der Waals surface area contributed by atoms with Crippen LogP contribution in [0.15, 0.2) is 30.3 Å². The zero-order valence-corrected chi connectivity index (χ0v) is 8.42. The second kappa shape index (κ2) is 6.02. The van der Waals surface area contributed by atoms with E-state index in [9.17, 15) is 0 Å². The fourth-order valence-electron chi connectivity index (χ4n) is 0.872. The Kier molecular flexibility index (Phi) is 4.79. The van der Waals surface area contributed by atoms with Gasteiger partial charge in [-0.25, -0.2) is 0 Å². The highest BCUT2D eigenvalue weighted by Gasteiger charge is 1.90. The van der Waals surface area contributed by atoms with Gasteiger partial charge in [-0.1, -0.05) is 31.5 Å². The van der Waals surface area contributed by atoms with E-state index < -0.39 is 0 Å². The van der Waals surface area contributed by atoms with E-state index in [0.717, 1.165) is 5.75 Å². The van der Waals surface area contributed by atoms with Gasteiger partial charge in [0.2, 0.25) is 0 Å². The van der Waals surface area contributed by atoms with Crippen LogP contribution in [-0.2, 0) is 0 Å². The molecule has 0 aromatic heterocycles. The third kappa shape index (κ3) is 3.73. The molecule has 0 amide bonds. The molecule has 66 valence electrons. The summed E-state index contributed by atoms with van der Waals surface area (Å²) in [5.74, 6) is 0.993. The Morgan fingerprint density at radius 2 is 2.00 bits per heavy atom. The largest absolute Gasteiger partial charge is 0.477 e. The topological polar surface area (TPSA) is 9.23 Å². The summed E-state index contributed by atoms with van der Waals surface area (Å²) in [6, 6.07) is 10.00. The van der Waals surface area contributed by atoms with Gasteiger partial charge in [-0.15, -0.1) is 0 Å². The van der Waals surface area contributed by atoms with E-state index >= 15 is 0 Å². The Hall–Kier alpha value is -0.550. The fourth-order valence-corrected chi connectivity index (χ4v) is 1.77. The molecule has 0 N–H and O–H groups in total. The molecule has 1 aromatic rings. The third-order valence-electron chi connectivity index (χ3n) is 1.57. The number of para-hydroxylation sites is 1. The Morgan fingerprint density at radius 1 is 1.25 bits per heavy atom. The number of benzene rings is 1. The predicted molar refractivity (Wildman–Crippen MR) is 55.2 cm³/mol. The molecule has 1 aromatic carbocycles. The van der Waals surface area contributed by atoms with Crippen molar-refractivity contribution in [3.63, 3.8) is 0 Å². The summed E-state index contributed by atoms with van der Waals surface area (Å²) in [4.78, 5) is 0. The highest BCUT2D eigenvalue weighted by molar-refractivity contribution is 7.32. The minimum absolute atomic E-state index is 0.616. The molecule has 0 heterocycles. The lowest BCUT2D eigenvalue weighted by molar-refractivity contribution is 0.627. The van der Waals surface area contributed by atoms with E-state index in [1.807, 2.05) is 30.3 Å². The summed E-state index contributed by atoms with van der Waals surface area (Å²) in [5, 5.41) is 0. The van der Waals surface area contributed by atoms with Crippen LogP contribution in [0.5, 0.6) is 5.75 Å². The van der Waals surface area contributed by atoms with Crippen molar-refractivity contribution >= 4 is 8.81 Å². The zero-order valence-electron chi connectivity index (χ0n) is 7.42. The van der Waals surface area contributed by atoms with Crippen molar-refractivity contribution in [1.29, 1.82) is 0 Å². The molecule has 0 bridgehead atoms. The number of hydrogen-bond donors (Lipinski definition) is 0. The summed E-state index contributed by atoms with van der Waals surface area (Å²) in [7, 11) is 0.616. The van der Waals surface area contributed by atoms with Crippen molar-refractivity contribution < 1.29 is 4.52 Å². The van der Waals surface area contributed by atoms with Crippen LogP contribution < -0.4 is 4.52 Å². The van der Waals surface area contributed by atoms with E-state index in [1.165, 1.54) is 19.0 Å². The maximum atomic E-state index is 5.54. The van der Waals surface area contributed by atoms with Crippen molar-refractivity contribution in [1.82, 2.24) is 0 Å². The van der Waals surface area contributed by atoms with Gasteiger partial charge in [0.25, 0.3) is 0 Å². The van der Waals surface area contributed by atoms with Crippen LogP contribution in [0.4, 0.5) is 0 Å². The molecular formula is C10H15OP. The lowest BCUT2D eigenvalue weighted by Crippen LogP contribution is -1.81. The molecule has 1 nitrogen and oxygen atoms in total. The second-order valence-corrected chi connectivity index (χ2v) is 3.66. The Balaban J connectivity index is 2.16. The monoisotopic (exact) mass is 182 g/mol. The van der Waals surface area contributed by atoms with Gasteiger partial charge >= 0.3 is 0 Å². The fraction of sp³-hybridized carbons (Fsp3) is 0.400. The van der Waals surface area contributed by atoms with Gasteiger partial charge in [-0.05, 0) is 18.6 Å². The minimum atomic E-state index is 0.616. The zero-order chi connectivity index (χ0) is 8.65. The molecule has 0 saturated carbocycles. The maximum absolute atomic E-state index is 5.54. The molecule has 2 heteroatoms. The lowest BCUT2D eigenvalue weighted by Gasteiger charge is -2.03. The molecule has 0 saturated heterocycles. The molecule has 1 unspecified atom stereocenters. The van der Waals surface area contributed by atoms with E-state index in [2.05, 4.69) is 6.92 Å². The Bertz CT molecular complexity index is 198. The number of hydrogen-bond acceptors (Lipinski definition) is 1. The van der Waals surface area contributed by atoms with Crippen LogP contribution in [0.3, 0.4) is 0 Å². The van der Waals surface area contributed by atoms with Crippen molar-refractivity contribution in [2.45, 2.75) is 19.8 Å². The summed E-state index contributed by atoms with van der Waals surface area (Å²) < 4.78 is 5.54. The van der Waals surface area contributed by atoms with Gasteiger partial charge in [0.15, 0.2) is 0 Å². The van der Waals surface area contributed by atoms with Crippen LogP contribution >= 0.6 is 8.81 Å². The summed E-state index contributed by atoms with van der Waals surface area (Å²) >= 11 is 0. The van der Waals surface area contributed by atoms with Gasteiger partial charge in [0.1, 0.15) is 5.75 Å². The first-order valence-electron chi connectivity index (χ1n) is 4.38. The standard InChI is InChI=1S/C10H15OP/c1-2-3-9-12-11-10-7-5-4-6-8-10/h4-8,12H,2-3,9H2,1H3. The van der Waals surface area contributed by atoms with Crippen LogP contribution in [-0.4, -0.2) is 6.16 Å². The average Bonchev–Trinajstić information content (AvgIpc) is 2.14. The predicted octanol–water partition coefficient (Wildman–Crippen LogP) is 3.46. The van der Waals surface area contributed by atoms with E-state index in [1.54, 1.807) is 0 Å². The van der Waals surface area contributed by atoms with Crippen molar-refractivity contribution in [2.75, 3.05) is 6.16 Å². The van der Waals surface area contributed by atoms with Gasteiger partial charge in [0.05, 0.1) is 8.81 Å². The van der Waals surface area contributed by atoms with Crippen molar-refractivity contribution in [2.24, 2.45) is 0 Å². The Labute approximate surface area is 76.0 Å². The molecule has 0 aliphatic rings. The molecular weight excluding hydrogens is 167 g/mol. The molecule has 1 rings (SSSR count). The normalized spacial score (nSPS) is 10.8. The average molecular weight is 182 g/mol. The molecule has 0 radical (unpaired) electrons. The van der Waals surface area contributed by atoms with Gasteiger partial charge in [0, 0.05) is 6.16 Å². The Morgan fingerprint density at radius 3 is 2.67 bits per heavy atom. The van der Waals surface area contributed by atoms with Crippen LogP contribution in [0.2, 0.25) is 0 Å². The van der Waals surface area contributed by atoms with Gasteiger partial charge < -0.3 is 4.52 Å². The summed E-state index contributed by atoms with van der Waals surface area (Å²) in [5.41, 5.74) is 0. The molecule has 0 spiro atoms. The van der Waals surface area contributed by atoms with Gasteiger partial charge in [-0.2, -0.15) is 0 Å². The van der Waals surface area contributed by atoms with E-state index in [4.69, 9.17) is 4.52 Å². The minimum Gasteiger partial charge on any atom is -0.477 e. The highest BCUT2D eigenvalue weighted by Crippen LogP contribution is 2.20. The lowest BCUT2D eigenvalue weighted by atomic mass is 10.3. The first kappa shape index (κ1) is 9.54. The first-order chi connectivity index (χ1) is 5.93. The van der Waals surface area contributed by atoms with Crippen molar-refractivity contribution in [3.05, 3.63) is 30.3 Å².